The van der Waals surface area contributed by atoms with Gasteiger partial charge in [0.1, 0.15) is 0 Å². The standard InChI is InChI=1S/C12H24OSi/c1-10(9-14(4,5)6)7-8-11-12(2,3)13-11/h11H,1,7-9H2,2-6H3. The SMILES string of the molecule is C=C(CCC1OC1(C)C)C[Si](C)(C)C. The van der Waals surface area contributed by atoms with Gasteiger partial charge in [-0.15, -0.1) is 6.58 Å². The van der Waals surface area contributed by atoms with Crippen molar-refractivity contribution in [2.75, 3.05) is 0 Å². The quantitative estimate of drug-likeness (QED) is 0.383. The Morgan fingerprint density at radius 2 is 1.86 bits per heavy atom. The fraction of sp³-hybridized carbons (Fsp3) is 0.833. The lowest BCUT2D eigenvalue weighted by Gasteiger charge is -2.17. The molecule has 1 nitrogen and oxygen atoms in total. The second kappa shape index (κ2) is 3.82. The molecule has 0 aromatic carbocycles. The van der Waals surface area contributed by atoms with Crippen LogP contribution in [0.4, 0.5) is 0 Å². The summed E-state index contributed by atoms with van der Waals surface area (Å²) in [5.74, 6) is 0. The average molecular weight is 212 g/mol. The highest BCUT2D eigenvalue weighted by atomic mass is 28.3. The zero-order valence-corrected chi connectivity index (χ0v) is 11.3. The third-order valence-electron chi connectivity index (χ3n) is 2.70. The first-order valence-corrected chi connectivity index (χ1v) is 9.26. The van der Waals surface area contributed by atoms with Crippen LogP contribution in [0.25, 0.3) is 0 Å². The van der Waals surface area contributed by atoms with Crippen LogP contribution in [0.3, 0.4) is 0 Å². The summed E-state index contributed by atoms with van der Waals surface area (Å²) in [6, 6.07) is 1.26. The molecule has 1 atom stereocenters. The van der Waals surface area contributed by atoms with Crippen LogP contribution < -0.4 is 0 Å². The summed E-state index contributed by atoms with van der Waals surface area (Å²) in [6.07, 6.45) is 2.80. The van der Waals surface area contributed by atoms with E-state index >= 15 is 0 Å². The zero-order valence-electron chi connectivity index (χ0n) is 10.3. The fourth-order valence-corrected chi connectivity index (χ4v) is 3.59. The van der Waals surface area contributed by atoms with Crippen molar-refractivity contribution in [3.8, 4) is 0 Å². The minimum absolute atomic E-state index is 0.152. The van der Waals surface area contributed by atoms with E-state index in [1.54, 1.807) is 0 Å². The summed E-state index contributed by atoms with van der Waals surface area (Å²) in [5.41, 5.74) is 1.58. The highest BCUT2D eigenvalue weighted by Crippen LogP contribution is 2.39. The molecule has 0 amide bonds. The van der Waals surface area contributed by atoms with Gasteiger partial charge in [0.05, 0.1) is 11.7 Å². The Balaban J connectivity index is 2.17. The minimum atomic E-state index is -0.948. The van der Waals surface area contributed by atoms with Crippen LogP contribution in [0.2, 0.25) is 25.7 Å². The van der Waals surface area contributed by atoms with Gasteiger partial charge in [0, 0.05) is 8.07 Å². The smallest absolute Gasteiger partial charge is 0.0892 e. The van der Waals surface area contributed by atoms with Crippen molar-refractivity contribution in [3.05, 3.63) is 12.2 Å². The van der Waals surface area contributed by atoms with Crippen LogP contribution in [0.15, 0.2) is 12.2 Å². The number of hydrogen-bond donors (Lipinski definition) is 0. The van der Waals surface area contributed by atoms with Crippen LogP contribution in [-0.2, 0) is 4.74 Å². The molecule has 0 N–H and O–H groups in total. The highest BCUT2D eigenvalue weighted by Gasteiger charge is 2.46. The van der Waals surface area contributed by atoms with Gasteiger partial charge in [-0.05, 0) is 32.7 Å². The second-order valence-electron chi connectivity index (χ2n) is 6.24. The fourth-order valence-electron chi connectivity index (χ4n) is 1.91. The number of epoxide rings is 1. The topological polar surface area (TPSA) is 12.5 Å². The molecule has 0 aromatic heterocycles. The van der Waals surface area contributed by atoms with Gasteiger partial charge in [-0.2, -0.15) is 0 Å². The normalized spacial score (nSPS) is 24.8. The van der Waals surface area contributed by atoms with Crippen molar-refractivity contribution in [3.63, 3.8) is 0 Å². The summed E-state index contributed by atoms with van der Waals surface area (Å²) in [4.78, 5) is 0. The summed E-state index contributed by atoms with van der Waals surface area (Å²) < 4.78 is 5.56. The van der Waals surface area contributed by atoms with Crippen molar-refractivity contribution >= 4 is 8.07 Å². The van der Waals surface area contributed by atoms with E-state index in [-0.39, 0.29) is 5.60 Å². The van der Waals surface area contributed by atoms with E-state index in [4.69, 9.17) is 4.74 Å². The maximum Gasteiger partial charge on any atom is 0.0892 e. The Kier molecular flexibility index (Phi) is 3.27. The van der Waals surface area contributed by atoms with Crippen molar-refractivity contribution in [1.29, 1.82) is 0 Å². The maximum atomic E-state index is 5.56. The first-order chi connectivity index (χ1) is 6.21. The van der Waals surface area contributed by atoms with E-state index in [2.05, 4.69) is 40.1 Å². The van der Waals surface area contributed by atoms with E-state index in [0.717, 1.165) is 12.8 Å². The molecule has 1 saturated heterocycles. The first-order valence-electron chi connectivity index (χ1n) is 5.55. The van der Waals surface area contributed by atoms with Crippen molar-refractivity contribution in [1.82, 2.24) is 0 Å². The van der Waals surface area contributed by atoms with Crippen LogP contribution in [0, 0.1) is 0 Å². The van der Waals surface area contributed by atoms with Gasteiger partial charge in [-0.25, -0.2) is 0 Å². The Morgan fingerprint density at radius 1 is 1.36 bits per heavy atom. The van der Waals surface area contributed by atoms with Crippen molar-refractivity contribution in [2.24, 2.45) is 0 Å². The minimum Gasteiger partial charge on any atom is -0.367 e. The monoisotopic (exact) mass is 212 g/mol. The molecule has 1 unspecified atom stereocenters. The zero-order chi connectivity index (χ0) is 11.0. The molecule has 1 rings (SSSR count). The third kappa shape index (κ3) is 3.97. The molecule has 0 radical (unpaired) electrons. The molecule has 1 heterocycles. The molecule has 0 aliphatic carbocycles. The Bertz CT molecular complexity index is 225. The summed E-state index contributed by atoms with van der Waals surface area (Å²) in [6.45, 7) is 15.7. The lowest BCUT2D eigenvalue weighted by atomic mass is 10.0. The molecule has 0 saturated carbocycles. The Labute approximate surface area is 89.6 Å². The molecule has 14 heavy (non-hydrogen) atoms. The van der Waals surface area contributed by atoms with Crippen molar-refractivity contribution < 1.29 is 4.74 Å². The molecule has 82 valence electrons. The summed E-state index contributed by atoms with van der Waals surface area (Å²) in [5, 5.41) is 0. The summed E-state index contributed by atoms with van der Waals surface area (Å²) >= 11 is 0. The van der Waals surface area contributed by atoms with Crippen LogP contribution >= 0.6 is 0 Å². The molecule has 2 heteroatoms. The maximum absolute atomic E-state index is 5.56. The Hall–Kier alpha value is -0.0831. The van der Waals surface area contributed by atoms with E-state index < -0.39 is 8.07 Å². The molecular formula is C12H24OSi. The molecule has 1 aliphatic rings. The number of ether oxygens (including phenoxy) is 1. The molecule has 0 bridgehead atoms. The van der Waals surface area contributed by atoms with E-state index in [1.807, 2.05) is 0 Å². The summed E-state index contributed by atoms with van der Waals surface area (Å²) in [7, 11) is -0.948. The molecule has 0 spiro atoms. The van der Waals surface area contributed by atoms with Gasteiger partial charge in [0.25, 0.3) is 0 Å². The van der Waals surface area contributed by atoms with Crippen LogP contribution in [0.5, 0.6) is 0 Å². The predicted octanol–water partition coefficient (Wildman–Crippen LogP) is 3.84. The van der Waals surface area contributed by atoms with Crippen molar-refractivity contribution in [2.45, 2.75) is 64.1 Å². The lowest BCUT2D eigenvalue weighted by Crippen LogP contribution is -2.19. The van der Waals surface area contributed by atoms with E-state index in [0.29, 0.717) is 6.10 Å². The van der Waals surface area contributed by atoms with E-state index in [9.17, 15) is 0 Å². The number of allylic oxidation sites excluding steroid dienone is 1. The predicted molar refractivity (Wildman–Crippen MR) is 65.5 cm³/mol. The van der Waals surface area contributed by atoms with Gasteiger partial charge in [0.15, 0.2) is 0 Å². The van der Waals surface area contributed by atoms with Crippen LogP contribution in [0.1, 0.15) is 26.7 Å². The Morgan fingerprint density at radius 3 is 2.21 bits per heavy atom. The van der Waals surface area contributed by atoms with Crippen LogP contribution in [-0.4, -0.2) is 19.8 Å². The largest absolute Gasteiger partial charge is 0.367 e. The highest BCUT2D eigenvalue weighted by molar-refractivity contribution is 6.76. The average Bonchev–Trinajstić information content (AvgIpc) is 2.51. The van der Waals surface area contributed by atoms with E-state index in [1.165, 1.54) is 11.6 Å². The molecule has 0 aromatic rings. The van der Waals surface area contributed by atoms with Gasteiger partial charge >= 0.3 is 0 Å². The number of hydrogen-bond acceptors (Lipinski definition) is 1. The van der Waals surface area contributed by atoms with Gasteiger partial charge in [-0.3, -0.25) is 0 Å². The van der Waals surface area contributed by atoms with Gasteiger partial charge in [0.2, 0.25) is 0 Å². The molecule has 1 aliphatic heterocycles. The first kappa shape index (κ1) is 12.0. The third-order valence-corrected chi connectivity index (χ3v) is 4.27. The van der Waals surface area contributed by atoms with Gasteiger partial charge in [-0.1, -0.05) is 25.2 Å². The second-order valence-corrected chi connectivity index (χ2v) is 11.7. The number of rotatable bonds is 5. The molecule has 1 fully saturated rings. The molecular weight excluding hydrogens is 188 g/mol. The van der Waals surface area contributed by atoms with Gasteiger partial charge < -0.3 is 4.74 Å². The lowest BCUT2D eigenvalue weighted by molar-refractivity contribution is 0.320.